The Bertz CT molecular complexity index is 344. The van der Waals surface area contributed by atoms with Crippen molar-refractivity contribution in [2.75, 3.05) is 24.6 Å². The molecular formula is C12H20N2O3S. The molecule has 102 valence electrons. The van der Waals surface area contributed by atoms with Crippen LogP contribution in [-0.4, -0.2) is 52.6 Å². The van der Waals surface area contributed by atoms with Gasteiger partial charge in [0.1, 0.15) is 6.04 Å². The fourth-order valence-electron chi connectivity index (χ4n) is 2.25. The first-order valence-electron chi connectivity index (χ1n) is 6.43. The highest BCUT2D eigenvalue weighted by Crippen LogP contribution is 2.47. The minimum absolute atomic E-state index is 0.220. The lowest BCUT2D eigenvalue weighted by Crippen LogP contribution is -2.54. The third-order valence-electron chi connectivity index (χ3n) is 4.00. The highest BCUT2D eigenvalue weighted by molar-refractivity contribution is 7.99. The maximum atomic E-state index is 12.0. The van der Waals surface area contributed by atoms with E-state index < -0.39 is 12.0 Å². The van der Waals surface area contributed by atoms with Gasteiger partial charge in [-0.2, -0.15) is 11.8 Å². The molecule has 2 aliphatic rings. The number of nitrogens with zero attached hydrogens (tertiary/aromatic N) is 1. The van der Waals surface area contributed by atoms with Crippen LogP contribution in [0.3, 0.4) is 0 Å². The van der Waals surface area contributed by atoms with Crippen molar-refractivity contribution < 1.29 is 14.7 Å². The summed E-state index contributed by atoms with van der Waals surface area (Å²) < 4.78 is 0. The zero-order valence-corrected chi connectivity index (χ0v) is 11.5. The second-order valence-corrected chi connectivity index (χ2v) is 6.28. The molecule has 1 heterocycles. The number of carboxylic acids is 1. The average Bonchev–Trinajstić information content (AvgIpc) is 3.16. The molecule has 0 aromatic carbocycles. The molecular weight excluding hydrogens is 252 g/mol. The van der Waals surface area contributed by atoms with Gasteiger partial charge in [0.25, 0.3) is 0 Å². The second-order valence-electron chi connectivity index (χ2n) is 5.13. The van der Waals surface area contributed by atoms with E-state index in [1.54, 1.807) is 11.8 Å². The van der Waals surface area contributed by atoms with E-state index in [0.717, 1.165) is 12.2 Å². The van der Waals surface area contributed by atoms with E-state index in [-0.39, 0.29) is 6.03 Å². The molecule has 0 aromatic rings. The van der Waals surface area contributed by atoms with Gasteiger partial charge in [-0.05, 0) is 24.7 Å². The minimum Gasteiger partial charge on any atom is -0.480 e. The zero-order valence-electron chi connectivity index (χ0n) is 10.6. The van der Waals surface area contributed by atoms with Crippen molar-refractivity contribution in [3.8, 4) is 0 Å². The Balaban J connectivity index is 1.88. The normalized spacial score (nSPS) is 25.6. The van der Waals surface area contributed by atoms with Crippen molar-refractivity contribution in [3.63, 3.8) is 0 Å². The van der Waals surface area contributed by atoms with E-state index in [0.29, 0.717) is 24.3 Å². The van der Waals surface area contributed by atoms with Crippen LogP contribution < -0.4 is 5.32 Å². The van der Waals surface area contributed by atoms with Crippen LogP contribution in [0.1, 0.15) is 26.2 Å². The summed E-state index contributed by atoms with van der Waals surface area (Å²) in [7, 11) is 0. The number of urea groups is 1. The molecule has 1 atom stereocenters. The van der Waals surface area contributed by atoms with Gasteiger partial charge >= 0.3 is 12.0 Å². The van der Waals surface area contributed by atoms with Crippen LogP contribution in [0.15, 0.2) is 0 Å². The van der Waals surface area contributed by atoms with Gasteiger partial charge in [-0.15, -0.1) is 0 Å². The smallest absolute Gasteiger partial charge is 0.327 e. The Morgan fingerprint density at radius 2 is 2.22 bits per heavy atom. The number of carbonyl (C=O) groups excluding carboxylic acids is 1. The first kappa shape index (κ1) is 13.5. The third-order valence-corrected chi connectivity index (χ3v) is 5.02. The van der Waals surface area contributed by atoms with Crippen molar-refractivity contribution in [3.05, 3.63) is 0 Å². The van der Waals surface area contributed by atoms with Crippen molar-refractivity contribution >= 4 is 23.8 Å². The monoisotopic (exact) mass is 272 g/mol. The van der Waals surface area contributed by atoms with E-state index in [1.165, 1.54) is 17.7 Å². The van der Waals surface area contributed by atoms with E-state index in [4.69, 9.17) is 5.11 Å². The average molecular weight is 272 g/mol. The quantitative estimate of drug-likeness (QED) is 0.811. The van der Waals surface area contributed by atoms with E-state index in [1.807, 2.05) is 0 Å². The molecule has 0 spiro atoms. The first-order chi connectivity index (χ1) is 8.58. The standard InChI is InChI=1S/C12H20N2O3S/c1-2-12(3-4-12)8-13-11(17)14-5-6-18-7-9(14)10(15)16/h9H,2-8H2,1H3,(H,13,17)(H,15,16). The zero-order chi connectivity index (χ0) is 13.2. The topological polar surface area (TPSA) is 69.6 Å². The van der Waals surface area contributed by atoms with Gasteiger partial charge in [0.15, 0.2) is 0 Å². The number of nitrogens with one attached hydrogen (secondary N) is 1. The number of aliphatic carboxylic acids is 1. The molecule has 2 rings (SSSR count). The molecule has 1 saturated carbocycles. The molecule has 1 unspecified atom stereocenters. The summed E-state index contributed by atoms with van der Waals surface area (Å²) in [6.45, 7) is 3.33. The predicted octanol–water partition coefficient (Wildman–Crippen LogP) is 1.39. The Morgan fingerprint density at radius 1 is 1.50 bits per heavy atom. The molecule has 18 heavy (non-hydrogen) atoms. The number of carbonyl (C=O) groups is 2. The lowest BCUT2D eigenvalue weighted by atomic mass is 10.0. The minimum atomic E-state index is -0.908. The van der Waals surface area contributed by atoms with Gasteiger partial charge in [-0.3, -0.25) is 0 Å². The van der Waals surface area contributed by atoms with Crippen LogP contribution in [-0.2, 0) is 4.79 Å². The molecule has 2 N–H and O–H groups in total. The SMILES string of the molecule is CCC1(CNC(=O)N2CCSCC2C(=O)O)CC1. The highest BCUT2D eigenvalue weighted by atomic mass is 32.2. The highest BCUT2D eigenvalue weighted by Gasteiger charge is 2.41. The van der Waals surface area contributed by atoms with Crippen LogP contribution in [0.5, 0.6) is 0 Å². The van der Waals surface area contributed by atoms with Gasteiger partial charge in [0.2, 0.25) is 0 Å². The molecule has 1 aliphatic carbocycles. The summed E-state index contributed by atoms with van der Waals surface area (Å²) in [4.78, 5) is 24.6. The number of hydrogen-bond acceptors (Lipinski definition) is 3. The third kappa shape index (κ3) is 2.91. The summed E-state index contributed by atoms with van der Waals surface area (Å²) >= 11 is 1.59. The van der Waals surface area contributed by atoms with Crippen LogP contribution in [0.25, 0.3) is 0 Å². The Morgan fingerprint density at radius 3 is 2.78 bits per heavy atom. The maximum absolute atomic E-state index is 12.0. The molecule has 0 bridgehead atoms. The van der Waals surface area contributed by atoms with Crippen molar-refractivity contribution in [2.45, 2.75) is 32.2 Å². The van der Waals surface area contributed by atoms with E-state index in [9.17, 15) is 9.59 Å². The lowest BCUT2D eigenvalue weighted by molar-refractivity contribution is -0.141. The first-order valence-corrected chi connectivity index (χ1v) is 7.58. The van der Waals surface area contributed by atoms with Gasteiger partial charge < -0.3 is 15.3 Å². The predicted molar refractivity (Wildman–Crippen MR) is 70.8 cm³/mol. The van der Waals surface area contributed by atoms with Crippen molar-refractivity contribution in [1.29, 1.82) is 0 Å². The molecule has 1 aliphatic heterocycles. The summed E-state index contributed by atoms with van der Waals surface area (Å²) in [5.74, 6) is 0.395. The summed E-state index contributed by atoms with van der Waals surface area (Å²) in [5, 5.41) is 12.0. The fraction of sp³-hybridized carbons (Fsp3) is 0.833. The Hall–Kier alpha value is -0.910. The van der Waals surface area contributed by atoms with E-state index in [2.05, 4.69) is 12.2 Å². The summed E-state index contributed by atoms with van der Waals surface area (Å²) in [6.07, 6.45) is 3.41. The lowest BCUT2D eigenvalue weighted by Gasteiger charge is -2.33. The Kier molecular flexibility index (Phi) is 4.04. The molecule has 5 nitrogen and oxygen atoms in total. The summed E-state index contributed by atoms with van der Waals surface area (Å²) in [6, 6.07) is -0.900. The molecule has 6 heteroatoms. The van der Waals surface area contributed by atoms with Gasteiger partial charge in [0, 0.05) is 24.6 Å². The molecule has 2 fully saturated rings. The fourth-order valence-corrected chi connectivity index (χ4v) is 3.29. The van der Waals surface area contributed by atoms with Gasteiger partial charge in [-0.1, -0.05) is 6.92 Å². The maximum Gasteiger partial charge on any atom is 0.327 e. The second kappa shape index (κ2) is 5.38. The van der Waals surface area contributed by atoms with Crippen LogP contribution in [0.4, 0.5) is 4.79 Å². The van der Waals surface area contributed by atoms with Crippen molar-refractivity contribution in [1.82, 2.24) is 10.2 Å². The molecule has 1 saturated heterocycles. The number of amides is 2. The van der Waals surface area contributed by atoms with Crippen molar-refractivity contribution in [2.24, 2.45) is 5.41 Å². The summed E-state index contributed by atoms with van der Waals surface area (Å²) in [5.41, 5.74) is 0.291. The van der Waals surface area contributed by atoms with Gasteiger partial charge in [0.05, 0.1) is 0 Å². The molecule has 0 radical (unpaired) electrons. The molecule has 0 aromatic heterocycles. The van der Waals surface area contributed by atoms with Crippen LogP contribution >= 0.6 is 11.8 Å². The number of rotatable bonds is 4. The number of thioether (sulfide) groups is 1. The molecule has 2 amide bonds. The van der Waals surface area contributed by atoms with Gasteiger partial charge in [-0.25, -0.2) is 9.59 Å². The Labute approximate surface area is 111 Å². The number of carboxylic acid groups (broad SMARTS) is 1. The van der Waals surface area contributed by atoms with Crippen LogP contribution in [0.2, 0.25) is 0 Å². The largest absolute Gasteiger partial charge is 0.480 e. The van der Waals surface area contributed by atoms with E-state index >= 15 is 0 Å². The van der Waals surface area contributed by atoms with Crippen LogP contribution in [0, 0.1) is 5.41 Å². The number of hydrogen-bond donors (Lipinski definition) is 2.